The molecule has 0 unspecified atom stereocenters. The van der Waals surface area contributed by atoms with Gasteiger partial charge >= 0.3 is 0 Å². The van der Waals surface area contributed by atoms with Crippen LogP contribution < -0.4 is 0 Å². The molecule has 2 aromatic rings. The van der Waals surface area contributed by atoms with E-state index < -0.39 is 10.0 Å². The van der Waals surface area contributed by atoms with Gasteiger partial charge in [0.2, 0.25) is 15.9 Å². The predicted octanol–water partition coefficient (Wildman–Crippen LogP) is 3.29. The third-order valence-electron chi connectivity index (χ3n) is 6.05. The molecule has 6 nitrogen and oxygen atoms in total. The monoisotopic (exact) mass is 427 g/mol. The Morgan fingerprint density at radius 1 is 1.00 bits per heavy atom. The smallest absolute Gasteiger partial charge is 0.246 e. The van der Waals surface area contributed by atoms with Gasteiger partial charge in [-0.15, -0.1) is 0 Å². The van der Waals surface area contributed by atoms with Crippen molar-refractivity contribution in [1.29, 1.82) is 0 Å². The molecule has 0 N–H and O–H groups in total. The highest BCUT2D eigenvalue weighted by molar-refractivity contribution is 7.89. The van der Waals surface area contributed by atoms with Crippen molar-refractivity contribution >= 4 is 22.0 Å². The first-order chi connectivity index (χ1) is 14.3. The summed E-state index contributed by atoms with van der Waals surface area (Å²) in [7, 11) is -3.52. The van der Waals surface area contributed by atoms with Crippen LogP contribution in [0.4, 0.5) is 0 Å². The molecule has 1 aliphatic heterocycles. The number of hydrogen-bond donors (Lipinski definition) is 0. The van der Waals surface area contributed by atoms with E-state index in [0.29, 0.717) is 37.1 Å². The normalized spacial score (nSPS) is 18.3. The topological polar surface area (TPSA) is 62.6 Å². The Morgan fingerprint density at radius 3 is 2.23 bits per heavy atom. The van der Waals surface area contributed by atoms with E-state index in [1.54, 1.807) is 35.2 Å². The molecule has 1 saturated heterocycles. The number of piperazine rings is 1. The van der Waals surface area contributed by atoms with Crippen LogP contribution in [0.2, 0.25) is 0 Å². The Kier molecular flexibility index (Phi) is 5.59. The average Bonchev–Trinajstić information content (AvgIpc) is 3.52. The maximum atomic E-state index is 12.8. The fourth-order valence-electron chi connectivity index (χ4n) is 4.14. The van der Waals surface area contributed by atoms with Gasteiger partial charge in [0.25, 0.3) is 0 Å². The van der Waals surface area contributed by atoms with Crippen molar-refractivity contribution in [2.24, 2.45) is 0 Å². The van der Waals surface area contributed by atoms with Gasteiger partial charge in [-0.3, -0.25) is 4.79 Å². The Bertz CT molecular complexity index is 1070. The molecule has 1 saturated carbocycles. The van der Waals surface area contributed by atoms with Crippen LogP contribution in [0.1, 0.15) is 41.4 Å². The maximum absolute atomic E-state index is 12.8. The predicted molar refractivity (Wildman–Crippen MR) is 118 cm³/mol. The molecule has 1 aliphatic carbocycles. The third-order valence-corrected chi connectivity index (χ3v) is 7.96. The number of sulfonamides is 1. The summed E-state index contributed by atoms with van der Waals surface area (Å²) in [5.74, 6) is -0.0707. The lowest BCUT2D eigenvalue weighted by Crippen LogP contribution is -2.50. The number of nitrogens with zero attached hydrogens (tertiary/aromatic N) is 3. The van der Waals surface area contributed by atoms with Crippen LogP contribution in [0.3, 0.4) is 0 Å². The number of amides is 1. The zero-order chi connectivity index (χ0) is 21.5. The Balaban J connectivity index is 1.38. The highest BCUT2D eigenvalue weighted by atomic mass is 32.2. The van der Waals surface area contributed by atoms with Crippen LogP contribution in [-0.2, 0) is 14.8 Å². The highest BCUT2D eigenvalue weighted by Crippen LogP contribution is 2.38. The van der Waals surface area contributed by atoms with E-state index in [2.05, 4.69) is 24.5 Å². The van der Waals surface area contributed by atoms with Gasteiger partial charge in [-0.2, -0.15) is 4.31 Å². The number of benzene rings is 1. The number of carbonyl (C=O) groups is 1. The molecule has 0 radical (unpaired) electrons. The van der Waals surface area contributed by atoms with E-state index in [9.17, 15) is 13.2 Å². The molecule has 4 rings (SSSR count). The average molecular weight is 428 g/mol. The van der Waals surface area contributed by atoms with Gasteiger partial charge in [-0.25, -0.2) is 8.42 Å². The minimum atomic E-state index is -3.52. The largest absolute Gasteiger partial charge is 0.346 e. The zero-order valence-corrected chi connectivity index (χ0v) is 18.7. The Labute approximate surface area is 178 Å². The van der Waals surface area contributed by atoms with Crippen molar-refractivity contribution in [3.05, 3.63) is 58.9 Å². The SMILES string of the molecule is Cc1ccc(S(=O)(=O)N2CCN(C(=O)/C=C/c3cc(C)n(C4CC4)c3C)CC2)cc1. The van der Waals surface area contributed by atoms with E-state index in [1.165, 1.54) is 28.5 Å². The van der Waals surface area contributed by atoms with E-state index in [0.717, 1.165) is 11.1 Å². The first-order valence-electron chi connectivity index (χ1n) is 10.5. The van der Waals surface area contributed by atoms with Gasteiger partial charge in [0.05, 0.1) is 4.90 Å². The van der Waals surface area contributed by atoms with E-state index >= 15 is 0 Å². The van der Waals surface area contributed by atoms with Crippen LogP contribution in [0.25, 0.3) is 6.08 Å². The lowest BCUT2D eigenvalue weighted by molar-refractivity contribution is -0.127. The summed E-state index contributed by atoms with van der Waals surface area (Å²) < 4.78 is 29.5. The minimum Gasteiger partial charge on any atom is -0.346 e. The van der Waals surface area contributed by atoms with Crippen molar-refractivity contribution < 1.29 is 13.2 Å². The van der Waals surface area contributed by atoms with Gasteiger partial charge < -0.3 is 9.47 Å². The molecule has 2 aliphatic rings. The molecule has 30 heavy (non-hydrogen) atoms. The first-order valence-corrected chi connectivity index (χ1v) is 11.9. The number of aromatic nitrogens is 1. The molecular formula is C23H29N3O3S. The standard InChI is InChI=1S/C23H29N3O3S/c1-17-4-9-22(10-5-17)30(28,29)25-14-12-24(13-15-25)23(27)11-6-20-16-18(2)26(19(20)3)21-7-8-21/h4-6,9-11,16,21H,7-8,12-15H2,1-3H3/b11-6+. The molecule has 2 fully saturated rings. The summed E-state index contributed by atoms with van der Waals surface area (Å²) in [6.45, 7) is 7.56. The molecule has 160 valence electrons. The quantitative estimate of drug-likeness (QED) is 0.688. The second-order valence-electron chi connectivity index (χ2n) is 8.30. The van der Waals surface area contributed by atoms with Crippen molar-refractivity contribution in [3.63, 3.8) is 0 Å². The molecule has 1 aromatic carbocycles. The number of rotatable bonds is 5. The summed E-state index contributed by atoms with van der Waals surface area (Å²) >= 11 is 0. The second kappa shape index (κ2) is 8.04. The molecule has 0 bridgehead atoms. The van der Waals surface area contributed by atoms with E-state index in [-0.39, 0.29) is 5.91 Å². The number of hydrogen-bond acceptors (Lipinski definition) is 3. The van der Waals surface area contributed by atoms with Gasteiger partial charge in [0, 0.05) is 49.7 Å². The summed E-state index contributed by atoms with van der Waals surface area (Å²) in [6.07, 6.45) is 5.96. The fraction of sp³-hybridized carbons (Fsp3) is 0.435. The molecule has 2 heterocycles. The van der Waals surface area contributed by atoms with Crippen LogP contribution in [-0.4, -0.2) is 54.3 Å². The molecule has 0 atom stereocenters. The lowest BCUT2D eigenvalue weighted by Gasteiger charge is -2.33. The molecule has 1 amide bonds. The van der Waals surface area contributed by atoms with Crippen molar-refractivity contribution in [1.82, 2.24) is 13.8 Å². The van der Waals surface area contributed by atoms with Gasteiger partial charge in [0.1, 0.15) is 0 Å². The first kappa shape index (κ1) is 20.9. The van der Waals surface area contributed by atoms with E-state index in [4.69, 9.17) is 0 Å². The highest BCUT2D eigenvalue weighted by Gasteiger charge is 2.30. The van der Waals surface area contributed by atoms with Crippen molar-refractivity contribution in [2.45, 2.75) is 44.6 Å². The zero-order valence-electron chi connectivity index (χ0n) is 17.8. The van der Waals surface area contributed by atoms with Crippen molar-refractivity contribution in [2.75, 3.05) is 26.2 Å². The number of carbonyl (C=O) groups excluding carboxylic acids is 1. The van der Waals surface area contributed by atoms with E-state index in [1.807, 2.05) is 13.0 Å². The summed E-state index contributed by atoms with van der Waals surface area (Å²) in [5, 5.41) is 0. The van der Waals surface area contributed by atoms with Gasteiger partial charge in [0.15, 0.2) is 0 Å². The molecule has 7 heteroatoms. The fourth-order valence-corrected chi connectivity index (χ4v) is 5.56. The van der Waals surface area contributed by atoms with Crippen LogP contribution in [0, 0.1) is 20.8 Å². The van der Waals surface area contributed by atoms with Crippen LogP contribution in [0.5, 0.6) is 0 Å². The maximum Gasteiger partial charge on any atom is 0.246 e. The molecular weight excluding hydrogens is 398 g/mol. The van der Waals surface area contributed by atoms with Gasteiger partial charge in [-0.05, 0) is 63.5 Å². The Hall–Kier alpha value is -2.38. The summed E-state index contributed by atoms with van der Waals surface area (Å²) in [6, 6.07) is 9.64. The second-order valence-corrected chi connectivity index (χ2v) is 10.2. The lowest BCUT2D eigenvalue weighted by atomic mass is 10.2. The summed E-state index contributed by atoms with van der Waals surface area (Å²) in [5.41, 5.74) is 4.53. The number of aryl methyl sites for hydroxylation is 2. The minimum absolute atomic E-state index is 0.0707. The molecule has 1 aromatic heterocycles. The van der Waals surface area contributed by atoms with Crippen molar-refractivity contribution in [3.8, 4) is 0 Å². The third kappa shape index (κ3) is 4.09. The van der Waals surface area contributed by atoms with Crippen LogP contribution in [0.15, 0.2) is 41.3 Å². The summed E-state index contributed by atoms with van der Waals surface area (Å²) in [4.78, 5) is 14.7. The van der Waals surface area contributed by atoms with Gasteiger partial charge in [-0.1, -0.05) is 17.7 Å². The Morgan fingerprint density at radius 2 is 1.63 bits per heavy atom. The van der Waals surface area contributed by atoms with Crippen LogP contribution >= 0.6 is 0 Å². The molecule has 0 spiro atoms.